The molecule has 2 aromatic rings. The Morgan fingerprint density at radius 2 is 1.96 bits per heavy atom. The van der Waals surface area contributed by atoms with E-state index in [1.165, 1.54) is 0 Å². The fraction of sp³-hybridized carbons (Fsp3) is 0.389. The number of carbonyl (C=O) groups excluding carboxylic acids is 1. The van der Waals surface area contributed by atoms with Crippen molar-refractivity contribution in [3.05, 3.63) is 53.0 Å². The maximum absolute atomic E-state index is 12.6. The van der Waals surface area contributed by atoms with Gasteiger partial charge >= 0.3 is 0 Å². The number of aliphatic hydroxyl groups excluding tert-OH is 1. The Morgan fingerprint density at radius 1 is 1.25 bits per heavy atom. The summed E-state index contributed by atoms with van der Waals surface area (Å²) in [6.45, 7) is 2.82. The summed E-state index contributed by atoms with van der Waals surface area (Å²) in [7, 11) is 3.91. The third-order valence-corrected chi connectivity index (χ3v) is 4.24. The number of hydrogen-bond acceptors (Lipinski definition) is 5. The molecule has 6 heteroatoms. The summed E-state index contributed by atoms with van der Waals surface area (Å²) in [5.41, 5.74) is 2.57. The summed E-state index contributed by atoms with van der Waals surface area (Å²) in [6, 6.07) is 9.02. The van der Waals surface area contributed by atoms with E-state index >= 15 is 0 Å². The van der Waals surface area contributed by atoms with Crippen LogP contribution in [0.25, 0.3) is 0 Å². The summed E-state index contributed by atoms with van der Waals surface area (Å²) in [4.78, 5) is 25.3. The Hall–Kier alpha value is -2.47. The van der Waals surface area contributed by atoms with Crippen molar-refractivity contribution >= 4 is 11.7 Å². The molecule has 3 rings (SSSR count). The van der Waals surface area contributed by atoms with E-state index in [0.717, 1.165) is 17.1 Å². The molecule has 0 fully saturated rings. The van der Waals surface area contributed by atoms with Crippen molar-refractivity contribution in [1.82, 2.24) is 14.9 Å². The summed E-state index contributed by atoms with van der Waals surface area (Å²) in [6.07, 6.45) is -0.444. The number of carbonyl (C=O) groups is 1. The van der Waals surface area contributed by atoms with Gasteiger partial charge in [0.05, 0.1) is 12.2 Å². The van der Waals surface area contributed by atoms with Crippen LogP contribution in [-0.2, 0) is 17.8 Å². The second-order valence-corrected chi connectivity index (χ2v) is 6.24. The highest BCUT2D eigenvalue weighted by Crippen LogP contribution is 2.27. The highest BCUT2D eigenvalue weighted by atomic mass is 16.3. The van der Waals surface area contributed by atoms with Gasteiger partial charge in [0.15, 0.2) is 6.10 Å². The molecule has 1 amide bonds. The summed E-state index contributed by atoms with van der Waals surface area (Å²) in [5, 5.41) is 10.4. The minimum atomic E-state index is -1.14. The molecule has 1 aromatic carbocycles. The predicted octanol–water partition coefficient (Wildman–Crippen LogP) is 1.47. The largest absolute Gasteiger partial charge is 0.378 e. The number of aliphatic hydroxyl groups is 1. The van der Waals surface area contributed by atoms with Crippen LogP contribution in [0.3, 0.4) is 0 Å². The normalized spacial score (nSPS) is 14.9. The van der Waals surface area contributed by atoms with Crippen molar-refractivity contribution in [3.8, 4) is 0 Å². The molecule has 0 saturated carbocycles. The average molecular weight is 326 g/mol. The van der Waals surface area contributed by atoms with Crippen LogP contribution in [0.2, 0.25) is 0 Å². The van der Waals surface area contributed by atoms with Crippen LogP contribution in [0.5, 0.6) is 0 Å². The van der Waals surface area contributed by atoms with Gasteiger partial charge < -0.3 is 14.9 Å². The second-order valence-electron chi connectivity index (χ2n) is 6.24. The molecular formula is C18H22N4O2. The minimum Gasteiger partial charge on any atom is -0.378 e. The number of amides is 1. The van der Waals surface area contributed by atoms with Crippen molar-refractivity contribution in [3.63, 3.8) is 0 Å². The van der Waals surface area contributed by atoms with Crippen LogP contribution in [-0.4, -0.2) is 46.5 Å². The Kier molecular flexibility index (Phi) is 4.49. The lowest BCUT2D eigenvalue weighted by Gasteiger charge is -2.31. The molecule has 0 bridgehead atoms. The minimum absolute atomic E-state index is 0.283. The third-order valence-electron chi connectivity index (χ3n) is 4.24. The molecule has 126 valence electrons. The van der Waals surface area contributed by atoms with Crippen molar-refractivity contribution in [2.75, 3.05) is 25.5 Å². The van der Waals surface area contributed by atoms with Crippen molar-refractivity contribution < 1.29 is 9.90 Å². The molecule has 2 heterocycles. The van der Waals surface area contributed by atoms with Gasteiger partial charge in [0.1, 0.15) is 11.6 Å². The van der Waals surface area contributed by atoms with E-state index in [1.807, 2.05) is 44.1 Å². The monoisotopic (exact) mass is 326 g/mol. The molecule has 1 aromatic heterocycles. The standard InChI is InChI=1S/C18H22N4O2/c1-12-19-15-11-22(10-9-14(15)17(20-12)21(2)3)18(24)16(23)13-7-5-4-6-8-13/h4-8,16,23H,9-11H2,1-3H3. The molecule has 0 radical (unpaired) electrons. The smallest absolute Gasteiger partial charge is 0.256 e. The number of fused-ring (bicyclic) bond motifs is 1. The van der Waals surface area contributed by atoms with Gasteiger partial charge in [-0.25, -0.2) is 9.97 Å². The van der Waals surface area contributed by atoms with Gasteiger partial charge in [-0.1, -0.05) is 30.3 Å². The van der Waals surface area contributed by atoms with Crippen LogP contribution in [0, 0.1) is 6.92 Å². The van der Waals surface area contributed by atoms with Gasteiger partial charge in [0, 0.05) is 26.2 Å². The van der Waals surface area contributed by atoms with E-state index in [0.29, 0.717) is 30.9 Å². The highest BCUT2D eigenvalue weighted by Gasteiger charge is 2.29. The number of aryl methyl sites for hydroxylation is 1. The molecule has 0 spiro atoms. The Labute approximate surface area is 141 Å². The lowest BCUT2D eigenvalue weighted by molar-refractivity contribution is -0.141. The van der Waals surface area contributed by atoms with E-state index in [4.69, 9.17) is 0 Å². The molecule has 1 aliphatic heterocycles. The molecule has 1 N–H and O–H groups in total. The zero-order valence-electron chi connectivity index (χ0n) is 14.2. The van der Waals surface area contributed by atoms with E-state index in [-0.39, 0.29) is 5.91 Å². The molecule has 6 nitrogen and oxygen atoms in total. The van der Waals surface area contributed by atoms with Crippen LogP contribution < -0.4 is 4.90 Å². The number of hydrogen-bond donors (Lipinski definition) is 1. The lowest BCUT2D eigenvalue weighted by Crippen LogP contribution is -2.40. The van der Waals surface area contributed by atoms with Crippen molar-refractivity contribution in [2.45, 2.75) is 26.0 Å². The summed E-state index contributed by atoms with van der Waals surface area (Å²) in [5.74, 6) is 1.32. The molecule has 1 aliphatic rings. The number of benzene rings is 1. The van der Waals surface area contributed by atoms with E-state index in [1.54, 1.807) is 17.0 Å². The molecule has 0 saturated heterocycles. The molecule has 1 unspecified atom stereocenters. The van der Waals surface area contributed by atoms with Crippen LogP contribution in [0.15, 0.2) is 30.3 Å². The third kappa shape index (κ3) is 3.10. The van der Waals surface area contributed by atoms with Gasteiger partial charge in [0.25, 0.3) is 5.91 Å². The Morgan fingerprint density at radius 3 is 2.62 bits per heavy atom. The maximum Gasteiger partial charge on any atom is 0.256 e. The van der Waals surface area contributed by atoms with Crippen LogP contribution in [0.4, 0.5) is 5.82 Å². The number of rotatable bonds is 3. The first kappa shape index (κ1) is 16.4. The Bertz CT molecular complexity index is 746. The van der Waals surface area contributed by atoms with Crippen LogP contribution in [0.1, 0.15) is 28.7 Å². The first-order valence-electron chi connectivity index (χ1n) is 8.03. The maximum atomic E-state index is 12.6. The van der Waals surface area contributed by atoms with Gasteiger partial charge in [-0.05, 0) is 18.9 Å². The highest BCUT2D eigenvalue weighted by molar-refractivity contribution is 5.82. The van der Waals surface area contributed by atoms with Crippen LogP contribution >= 0.6 is 0 Å². The summed E-state index contributed by atoms with van der Waals surface area (Å²) < 4.78 is 0. The fourth-order valence-electron chi connectivity index (χ4n) is 3.04. The van der Waals surface area contributed by atoms with Gasteiger partial charge in [-0.15, -0.1) is 0 Å². The molecule has 24 heavy (non-hydrogen) atoms. The molecule has 1 atom stereocenters. The molecule has 0 aliphatic carbocycles. The zero-order valence-corrected chi connectivity index (χ0v) is 14.2. The summed E-state index contributed by atoms with van der Waals surface area (Å²) >= 11 is 0. The van der Waals surface area contributed by atoms with Crippen molar-refractivity contribution in [2.24, 2.45) is 0 Å². The molecular weight excluding hydrogens is 304 g/mol. The van der Waals surface area contributed by atoms with E-state index in [2.05, 4.69) is 9.97 Å². The zero-order chi connectivity index (χ0) is 17.3. The van der Waals surface area contributed by atoms with Gasteiger partial charge in [0.2, 0.25) is 0 Å². The number of anilines is 1. The number of nitrogens with zero attached hydrogens (tertiary/aromatic N) is 4. The Balaban J connectivity index is 1.84. The first-order valence-corrected chi connectivity index (χ1v) is 8.03. The predicted molar refractivity (Wildman–Crippen MR) is 91.6 cm³/mol. The number of aromatic nitrogens is 2. The van der Waals surface area contributed by atoms with E-state index < -0.39 is 6.10 Å². The second kappa shape index (κ2) is 6.57. The topological polar surface area (TPSA) is 69.6 Å². The average Bonchev–Trinajstić information content (AvgIpc) is 2.59. The first-order chi connectivity index (χ1) is 11.5. The van der Waals surface area contributed by atoms with E-state index in [9.17, 15) is 9.90 Å². The van der Waals surface area contributed by atoms with Crippen molar-refractivity contribution in [1.29, 1.82) is 0 Å². The quantitative estimate of drug-likeness (QED) is 0.925. The lowest BCUT2D eigenvalue weighted by atomic mass is 10.0. The van der Waals surface area contributed by atoms with Gasteiger partial charge in [-0.2, -0.15) is 0 Å². The SMILES string of the molecule is Cc1nc2c(c(N(C)C)n1)CCN(C(=O)C(O)c1ccccc1)C2. The fourth-order valence-corrected chi connectivity index (χ4v) is 3.04. The van der Waals surface area contributed by atoms with Gasteiger partial charge in [-0.3, -0.25) is 4.79 Å².